The zero-order chi connectivity index (χ0) is 22.4. The smallest absolute Gasteiger partial charge is 0.335 e. The summed E-state index contributed by atoms with van der Waals surface area (Å²) in [4.78, 5) is 11.4. The van der Waals surface area contributed by atoms with E-state index < -0.39 is 5.97 Å². The first-order chi connectivity index (χ1) is 15.4. The van der Waals surface area contributed by atoms with Crippen molar-refractivity contribution in [3.8, 4) is 16.8 Å². The number of carbonyl (C=O) groups is 1. The molecule has 6 heteroatoms. The molecule has 5 nitrogen and oxygen atoms in total. The van der Waals surface area contributed by atoms with E-state index in [-0.39, 0.29) is 11.4 Å². The van der Waals surface area contributed by atoms with Crippen molar-refractivity contribution in [3.63, 3.8) is 0 Å². The van der Waals surface area contributed by atoms with Crippen molar-refractivity contribution in [1.29, 1.82) is 0 Å². The first kappa shape index (κ1) is 20.0. The molecular weight excluding hydrogens is 405 g/mol. The molecular formula is C26H22FN3O2. The number of aromatic amines is 1. The summed E-state index contributed by atoms with van der Waals surface area (Å²) in [6, 6.07) is 17.7. The van der Waals surface area contributed by atoms with Crippen LogP contribution in [-0.2, 0) is 6.42 Å². The number of fused-ring (bicyclic) bond motifs is 2. The summed E-state index contributed by atoms with van der Waals surface area (Å²) in [7, 11) is 0. The van der Waals surface area contributed by atoms with Crippen LogP contribution in [0.3, 0.4) is 0 Å². The highest BCUT2D eigenvalue weighted by atomic mass is 19.1. The molecule has 0 spiro atoms. The first-order valence-electron chi connectivity index (χ1n) is 10.5. The van der Waals surface area contributed by atoms with E-state index >= 15 is 0 Å². The van der Waals surface area contributed by atoms with Crippen LogP contribution >= 0.6 is 0 Å². The van der Waals surface area contributed by atoms with E-state index in [4.69, 9.17) is 0 Å². The number of halogens is 1. The minimum absolute atomic E-state index is 0.248. The minimum atomic E-state index is -0.952. The Morgan fingerprint density at radius 2 is 1.81 bits per heavy atom. The van der Waals surface area contributed by atoms with Gasteiger partial charge in [-0.25, -0.2) is 9.18 Å². The fourth-order valence-electron chi connectivity index (χ4n) is 4.34. The van der Waals surface area contributed by atoms with E-state index in [1.54, 1.807) is 30.5 Å². The Morgan fingerprint density at radius 1 is 1.09 bits per heavy atom. The SMILES string of the molecule is CC(C)Cc1c(-c2ccc(C(=O)O)cc2)c2cc3[nH]ncc3cc2n1-c1ccc(F)cc1. The maximum atomic E-state index is 13.7. The number of hydrogen-bond acceptors (Lipinski definition) is 2. The van der Waals surface area contributed by atoms with Gasteiger partial charge in [0.2, 0.25) is 0 Å². The second-order valence-corrected chi connectivity index (χ2v) is 8.44. The number of carboxylic acids is 1. The van der Waals surface area contributed by atoms with Gasteiger partial charge in [-0.3, -0.25) is 5.10 Å². The molecule has 0 fully saturated rings. The molecule has 0 amide bonds. The average molecular weight is 427 g/mol. The van der Waals surface area contributed by atoms with Crippen molar-refractivity contribution in [2.75, 3.05) is 0 Å². The van der Waals surface area contributed by atoms with Crippen LogP contribution in [0.2, 0.25) is 0 Å². The third-order valence-electron chi connectivity index (χ3n) is 5.73. The molecule has 0 aliphatic rings. The van der Waals surface area contributed by atoms with Crippen LogP contribution < -0.4 is 0 Å². The Bertz CT molecular complexity index is 1450. The lowest BCUT2D eigenvalue weighted by Crippen LogP contribution is -2.05. The second kappa shape index (κ2) is 7.64. The van der Waals surface area contributed by atoms with Crippen LogP contribution in [-0.4, -0.2) is 25.8 Å². The molecule has 5 rings (SSSR count). The predicted molar refractivity (Wildman–Crippen MR) is 124 cm³/mol. The van der Waals surface area contributed by atoms with Crippen molar-refractivity contribution in [1.82, 2.24) is 14.8 Å². The first-order valence-corrected chi connectivity index (χ1v) is 10.5. The number of benzene rings is 3. The number of nitrogens with one attached hydrogen (secondary N) is 1. The van der Waals surface area contributed by atoms with Gasteiger partial charge >= 0.3 is 5.97 Å². The van der Waals surface area contributed by atoms with Gasteiger partial charge < -0.3 is 9.67 Å². The molecule has 0 atom stereocenters. The second-order valence-electron chi connectivity index (χ2n) is 8.44. The predicted octanol–water partition coefficient (Wildman–Crippen LogP) is 6.21. The third kappa shape index (κ3) is 3.34. The normalized spacial score (nSPS) is 11.6. The summed E-state index contributed by atoms with van der Waals surface area (Å²) in [6.45, 7) is 4.33. The number of nitrogens with zero attached hydrogens (tertiary/aromatic N) is 2. The number of H-pyrrole nitrogens is 1. The van der Waals surface area contributed by atoms with Crippen LogP contribution in [0.1, 0.15) is 29.9 Å². The molecule has 160 valence electrons. The van der Waals surface area contributed by atoms with Gasteiger partial charge in [0.1, 0.15) is 5.82 Å². The molecule has 2 N–H and O–H groups in total. The Kier molecular flexibility index (Phi) is 4.78. The maximum Gasteiger partial charge on any atom is 0.335 e. The van der Waals surface area contributed by atoms with E-state index in [9.17, 15) is 14.3 Å². The summed E-state index contributed by atoms with van der Waals surface area (Å²) < 4.78 is 15.9. The van der Waals surface area contributed by atoms with Gasteiger partial charge in [0, 0.05) is 27.7 Å². The van der Waals surface area contributed by atoms with Gasteiger partial charge in [-0.15, -0.1) is 0 Å². The maximum absolute atomic E-state index is 13.7. The molecule has 0 aliphatic heterocycles. The number of aromatic nitrogens is 3. The quantitative estimate of drug-likeness (QED) is 0.350. The Balaban J connectivity index is 1.88. The molecule has 0 radical (unpaired) electrons. The molecule has 0 unspecified atom stereocenters. The van der Waals surface area contributed by atoms with Gasteiger partial charge in [-0.05, 0) is 66.4 Å². The Morgan fingerprint density at radius 3 is 2.47 bits per heavy atom. The lowest BCUT2D eigenvalue weighted by molar-refractivity contribution is 0.0697. The zero-order valence-electron chi connectivity index (χ0n) is 17.8. The third-order valence-corrected chi connectivity index (χ3v) is 5.73. The fraction of sp³-hybridized carbons (Fsp3) is 0.154. The Labute approximate surface area is 184 Å². The zero-order valence-corrected chi connectivity index (χ0v) is 17.8. The van der Waals surface area contributed by atoms with Gasteiger partial charge in [0.25, 0.3) is 0 Å². The summed E-state index contributed by atoms with van der Waals surface area (Å²) in [5.41, 5.74) is 6.14. The molecule has 0 bridgehead atoms. The van der Waals surface area contributed by atoms with Gasteiger partial charge in [0.15, 0.2) is 0 Å². The summed E-state index contributed by atoms with van der Waals surface area (Å²) in [5, 5.41) is 18.6. The number of rotatable bonds is 5. The van der Waals surface area contributed by atoms with Crippen molar-refractivity contribution < 1.29 is 14.3 Å². The summed E-state index contributed by atoms with van der Waals surface area (Å²) in [6.07, 6.45) is 2.59. The fourth-order valence-corrected chi connectivity index (χ4v) is 4.34. The molecule has 5 aromatic rings. The van der Waals surface area contributed by atoms with Crippen molar-refractivity contribution in [2.45, 2.75) is 20.3 Å². The van der Waals surface area contributed by atoms with Crippen LogP contribution in [0.5, 0.6) is 0 Å². The van der Waals surface area contributed by atoms with Crippen LogP contribution in [0.25, 0.3) is 38.6 Å². The minimum Gasteiger partial charge on any atom is -0.478 e. The molecule has 2 aromatic heterocycles. The van der Waals surface area contributed by atoms with Crippen molar-refractivity contribution in [3.05, 3.63) is 83.9 Å². The standard InChI is InChI=1S/C26H22FN3O2/c1-15(2)11-24-25(16-3-5-17(6-4-16)26(31)32)21-13-22-18(14-28-29-22)12-23(21)30(24)20-9-7-19(27)8-10-20/h3-10,12-15H,11H2,1-2H3,(H,28,29)(H,31,32). The lowest BCUT2D eigenvalue weighted by Gasteiger charge is -2.15. The molecule has 2 heterocycles. The van der Waals surface area contributed by atoms with E-state index in [0.29, 0.717) is 5.92 Å². The van der Waals surface area contributed by atoms with Gasteiger partial charge in [-0.1, -0.05) is 26.0 Å². The number of carboxylic acid groups (broad SMARTS) is 1. The van der Waals surface area contributed by atoms with Gasteiger partial charge in [-0.2, -0.15) is 5.10 Å². The monoisotopic (exact) mass is 427 g/mol. The molecule has 32 heavy (non-hydrogen) atoms. The van der Waals surface area contributed by atoms with E-state index in [2.05, 4.69) is 40.7 Å². The van der Waals surface area contributed by atoms with Crippen LogP contribution in [0, 0.1) is 11.7 Å². The van der Waals surface area contributed by atoms with Gasteiger partial charge in [0.05, 0.1) is 22.8 Å². The van der Waals surface area contributed by atoms with E-state index in [0.717, 1.165) is 50.7 Å². The summed E-state index contributed by atoms with van der Waals surface area (Å²) in [5.74, 6) is -0.855. The number of aromatic carboxylic acids is 1. The van der Waals surface area contributed by atoms with E-state index in [1.165, 1.54) is 12.1 Å². The summed E-state index contributed by atoms with van der Waals surface area (Å²) >= 11 is 0. The number of hydrogen-bond donors (Lipinski definition) is 2. The topological polar surface area (TPSA) is 70.9 Å². The Hall–Kier alpha value is -3.93. The largest absolute Gasteiger partial charge is 0.478 e. The highest BCUT2D eigenvalue weighted by Gasteiger charge is 2.22. The molecule has 0 aliphatic carbocycles. The highest BCUT2D eigenvalue weighted by Crippen LogP contribution is 2.40. The lowest BCUT2D eigenvalue weighted by atomic mass is 9.96. The van der Waals surface area contributed by atoms with E-state index in [1.807, 2.05) is 12.1 Å². The van der Waals surface area contributed by atoms with Crippen LogP contribution in [0.15, 0.2) is 66.9 Å². The highest BCUT2D eigenvalue weighted by molar-refractivity contribution is 6.05. The average Bonchev–Trinajstić information content (AvgIpc) is 3.34. The van der Waals surface area contributed by atoms with Crippen molar-refractivity contribution >= 4 is 27.8 Å². The molecule has 0 saturated heterocycles. The van der Waals surface area contributed by atoms with Crippen molar-refractivity contribution in [2.24, 2.45) is 5.92 Å². The molecule has 0 saturated carbocycles. The van der Waals surface area contributed by atoms with Crippen LogP contribution in [0.4, 0.5) is 4.39 Å². The molecule has 3 aromatic carbocycles.